The van der Waals surface area contributed by atoms with E-state index in [9.17, 15) is 4.79 Å². The van der Waals surface area contributed by atoms with Gasteiger partial charge in [-0.05, 0) is 65.0 Å². The van der Waals surface area contributed by atoms with Gasteiger partial charge in [0.15, 0.2) is 6.61 Å². The van der Waals surface area contributed by atoms with Gasteiger partial charge in [0.05, 0.1) is 11.7 Å². The van der Waals surface area contributed by atoms with E-state index in [0.29, 0.717) is 0 Å². The smallest absolute Gasteiger partial charge is 0.262 e. The predicted octanol–water partition coefficient (Wildman–Crippen LogP) is 2.93. The molecule has 2 aromatic carbocycles. The molecule has 0 spiro atoms. The molecule has 0 fully saturated rings. The van der Waals surface area contributed by atoms with Gasteiger partial charge in [-0.2, -0.15) is 0 Å². The van der Waals surface area contributed by atoms with Gasteiger partial charge in [-0.15, -0.1) is 0 Å². The van der Waals surface area contributed by atoms with Gasteiger partial charge in [-0.25, -0.2) is 0 Å². The maximum Gasteiger partial charge on any atom is 0.262 e. The highest BCUT2D eigenvalue weighted by molar-refractivity contribution is 14.1. The van der Waals surface area contributed by atoms with Crippen molar-refractivity contribution in [2.45, 2.75) is 6.04 Å². The largest absolute Gasteiger partial charge is 0.482 e. The lowest BCUT2D eigenvalue weighted by molar-refractivity contribution is -0.118. The number of anilines is 1. The number of nitrogens with one attached hydrogen (secondary N) is 2. The Balaban J connectivity index is 1.98. The molecular weight excluding hydrogens is 379 g/mol. The SMILES string of the molecule is CNC(c1cccc(I)c1)c1ccc2c(c1)NC(=O)CO2. The summed E-state index contributed by atoms with van der Waals surface area (Å²) in [4.78, 5) is 11.4. The third-order valence-electron chi connectivity index (χ3n) is 3.44. The number of rotatable bonds is 3. The molecule has 2 aromatic rings. The minimum absolute atomic E-state index is 0.0730. The van der Waals surface area contributed by atoms with Crippen LogP contribution in [0.5, 0.6) is 5.75 Å². The van der Waals surface area contributed by atoms with Gasteiger partial charge in [0.25, 0.3) is 5.91 Å². The van der Waals surface area contributed by atoms with Crippen LogP contribution in [0.1, 0.15) is 17.2 Å². The van der Waals surface area contributed by atoms with Crippen LogP contribution in [0.2, 0.25) is 0 Å². The highest BCUT2D eigenvalue weighted by Gasteiger charge is 2.19. The van der Waals surface area contributed by atoms with E-state index in [0.717, 1.165) is 17.0 Å². The molecule has 1 amide bonds. The van der Waals surface area contributed by atoms with Crippen molar-refractivity contribution in [3.8, 4) is 5.75 Å². The van der Waals surface area contributed by atoms with Crippen molar-refractivity contribution in [3.63, 3.8) is 0 Å². The first-order valence-corrected chi connectivity index (χ1v) is 7.74. The third-order valence-corrected chi connectivity index (χ3v) is 4.11. The van der Waals surface area contributed by atoms with Crippen molar-refractivity contribution in [3.05, 3.63) is 57.2 Å². The lowest BCUT2D eigenvalue weighted by atomic mass is 9.98. The average Bonchev–Trinajstić information content (AvgIpc) is 2.48. The summed E-state index contributed by atoms with van der Waals surface area (Å²) in [5.74, 6) is 0.603. The predicted molar refractivity (Wildman–Crippen MR) is 90.6 cm³/mol. The first kappa shape index (κ1) is 14.3. The molecule has 1 aliphatic rings. The van der Waals surface area contributed by atoms with Crippen molar-refractivity contribution < 1.29 is 9.53 Å². The summed E-state index contributed by atoms with van der Waals surface area (Å²) >= 11 is 2.31. The number of carbonyl (C=O) groups excluding carboxylic acids is 1. The summed E-state index contributed by atoms with van der Waals surface area (Å²) in [5.41, 5.74) is 3.01. The van der Waals surface area contributed by atoms with Gasteiger partial charge in [-0.3, -0.25) is 4.79 Å². The van der Waals surface area contributed by atoms with E-state index in [4.69, 9.17) is 4.74 Å². The maximum atomic E-state index is 11.4. The highest BCUT2D eigenvalue weighted by Crippen LogP contribution is 2.32. The third kappa shape index (κ3) is 3.03. The van der Waals surface area contributed by atoms with Crippen LogP contribution in [0, 0.1) is 3.57 Å². The quantitative estimate of drug-likeness (QED) is 0.788. The van der Waals surface area contributed by atoms with Gasteiger partial charge in [0.2, 0.25) is 0 Å². The molecule has 1 atom stereocenters. The highest BCUT2D eigenvalue weighted by atomic mass is 127. The molecule has 4 nitrogen and oxygen atoms in total. The van der Waals surface area contributed by atoms with Crippen molar-refractivity contribution in [1.82, 2.24) is 5.32 Å². The fourth-order valence-electron chi connectivity index (χ4n) is 2.49. The summed E-state index contributed by atoms with van der Waals surface area (Å²) in [6.07, 6.45) is 0. The molecule has 0 aromatic heterocycles. The number of halogens is 1. The van der Waals surface area contributed by atoms with Crippen molar-refractivity contribution in [2.75, 3.05) is 19.0 Å². The molecule has 0 saturated heterocycles. The Morgan fingerprint density at radius 1 is 1.24 bits per heavy atom. The summed E-state index contributed by atoms with van der Waals surface area (Å²) < 4.78 is 6.59. The molecule has 0 saturated carbocycles. The number of ether oxygens (including phenoxy) is 1. The fraction of sp³-hybridized carbons (Fsp3) is 0.188. The minimum atomic E-state index is -0.116. The molecule has 2 N–H and O–H groups in total. The Hall–Kier alpha value is -1.60. The summed E-state index contributed by atoms with van der Waals surface area (Å²) in [7, 11) is 1.93. The van der Waals surface area contributed by atoms with Crippen LogP contribution < -0.4 is 15.4 Å². The molecule has 1 aliphatic heterocycles. The van der Waals surface area contributed by atoms with Crippen LogP contribution in [0.25, 0.3) is 0 Å². The molecule has 0 radical (unpaired) electrons. The van der Waals surface area contributed by atoms with E-state index in [2.05, 4.69) is 51.4 Å². The summed E-state index contributed by atoms with van der Waals surface area (Å²) in [5, 5.41) is 6.17. The lowest BCUT2D eigenvalue weighted by Crippen LogP contribution is -2.26. The number of fused-ring (bicyclic) bond motifs is 1. The standard InChI is InChI=1S/C16H15IN2O2/c1-18-16(10-3-2-4-12(17)7-10)11-5-6-14-13(8-11)19-15(20)9-21-14/h2-8,16,18H,9H2,1H3,(H,19,20). The molecule has 108 valence electrons. The summed E-state index contributed by atoms with van der Waals surface area (Å²) in [6.45, 7) is 0.0820. The second-order valence-electron chi connectivity index (χ2n) is 4.87. The van der Waals surface area contributed by atoms with Crippen LogP contribution in [-0.2, 0) is 4.79 Å². The molecule has 0 bridgehead atoms. The van der Waals surface area contributed by atoms with E-state index in [1.54, 1.807) is 0 Å². The Labute approximate surface area is 137 Å². The van der Waals surface area contributed by atoms with E-state index in [1.807, 2.05) is 31.3 Å². The first-order valence-electron chi connectivity index (χ1n) is 6.66. The number of amides is 1. The van der Waals surface area contributed by atoms with Crippen LogP contribution in [-0.4, -0.2) is 19.6 Å². The van der Waals surface area contributed by atoms with Crippen LogP contribution in [0.3, 0.4) is 0 Å². The van der Waals surface area contributed by atoms with Gasteiger partial charge < -0.3 is 15.4 Å². The Morgan fingerprint density at radius 3 is 2.81 bits per heavy atom. The molecular formula is C16H15IN2O2. The van der Waals surface area contributed by atoms with Crippen LogP contribution >= 0.6 is 22.6 Å². The van der Waals surface area contributed by atoms with Crippen molar-refractivity contribution in [2.24, 2.45) is 0 Å². The van der Waals surface area contributed by atoms with Crippen molar-refractivity contribution >= 4 is 34.2 Å². The molecule has 3 rings (SSSR count). The molecule has 0 aliphatic carbocycles. The van der Waals surface area contributed by atoms with E-state index in [1.165, 1.54) is 9.13 Å². The van der Waals surface area contributed by atoms with Gasteiger partial charge in [0.1, 0.15) is 5.75 Å². The zero-order valence-electron chi connectivity index (χ0n) is 11.5. The maximum absolute atomic E-state index is 11.4. The minimum Gasteiger partial charge on any atom is -0.482 e. The zero-order chi connectivity index (χ0) is 14.8. The van der Waals surface area contributed by atoms with Gasteiger partial charge >= 0.3 is 0 Å². The van der Waals surface area contributed by atoms with E-state index < -0.39 is 0 Å². The van der Waals surface area contributed by atoms with Crippen LogP contribution in [0.15, 0.2) is 42.5 Å². The fourth-order valence-corrected chi connectivity index (χ4v) is 3.06. The summed E-state index contributed by atoms with van der Waals surface area (Å²) in [6, 6.07) is 14.3. The first-order chi connectivity index (χ1) is 10.2. The Morgan fingerprint density at radius 2 is 2.05 bits per heavy atom. The average molecular weight is 394 g/mol. The number of hydrogen-bond donors (Lipinski definition) is 2. The van der Waals surface area contributed by atoms with Crippen molar-refractivity contribution in [1.29, 1.82) is 0 Å². The zero-order valence-corrected chi connectivity index (χ0v) is 13.7. The Kier molecular flexibility index (Phi) is 4.12. The van der Waals surface area contributed by atoms with E-state index >= 15 is 0 Å². The monoisotopic (exact) mass is 394 g/mol. The van der Waals surface area contributed by atoms with Gasteiger partial charge in [-0.1, -0.05) is 18.2 Å². The van der Waals surface area contributed by atoms with Crippen LogP contribution in [0.4, 0.5) is 5.69 Å². The lowest BCUT2D eigenvalue weighted by Gasteiger charge is -2.22. The van der Waals surface area contributed by atoms with Gasteiger partial charge in [0, 0.05) is 3.57 Å². The molecule has 21 heavy (non-hydrogen) atoms. The normalized spacial score (nSPS) is 14.9. The van der Waals surface area contributed by atoms with E-state index in [-0.39, 0.29) is 18.6 Å². The second kappa shape index (κ2) is 6.03. The Bertz CT molecular complexity index is 688. The molecule has 1 heterocycles. The molecule has 1 unspecified atom stereocenters. The second-order valence-corrected chi connectivity index (χ2v) is 6.11. The number of hydrogen-bond acceptors (Lipinski definition) is 3. The molecule has 5 heteroatoms. The number of carbonyl (C=O) groups is 1. The topological polar surface area (TPSA) is 50.4 Å². The number of benzene rings is 2.